The van der Waals surface area contributed by atoms with Crippen LogP contribution in [0.2, 0.25) is 5.02 Å². The zero-order valence-corrected chi connectivity index (χ0v) is 12.0. The number of ether oxygens (including phenoxy) is 1. The fourth-order valence-corrected chi connectivity index (χ4v) is 1.52. The molecule has 1 aromatic carbocycles. The highest BCUT2D eigenvalue weighted by Gasteiger charge is 2.10. The SMILES string of the molecule is CCCNC(=O)C(=O)N/N=C\c1cc(Cl)ccc1OC. The van der Waals surface area contributed by atoms with Crippen LogP contribution in [0.4, 0.5) is 0 Å². The van der Waals surface area contributed by atoms with Crippen molar-refractivity contribution in [3.8, 4) is 5.75 Å². The number of methoxy groups -OCH3 is 1. The van der Waals surface area contributed by atoms with Gasteiger partial charge in [-0.2, -0.15) is 5.10 Å². The first-order valence-electron chi connectivity index (χ1n) is 6.03. The number of carbonyl (C=O) groups excluding carboxylic acids is 2. The van der Waals surface area contributed by atoms with Crippen LogP contribution < -0.4 is 15.5 Å². The Bertz CT molecular complexity index is 518. The molecule has 2 N–H and O–H groups in total. The van der Waals surface area contributed by atoms with Crippen LogP contribution in [0.1, 0.15) is 18.9 Å². The lowest BCUT2D eigenvalue weighted by Gasteiger charge is -2.04. The van der Waals surface area contributed by atoms with Crippen LogP contribution in [0, 0.1) is 0 Å². The summed E-state index contributed by atoms with van der Waals surface area (Å²) in [6.45, 7) is 2.33. The van der Waals surface area contributed by atoms with E-state index in [0.717, 1.165) is 6.42 Å². The van der Waals surface area contributed by atoms with E-state index in [1.54, 1.807) is 18.2 Å². The number of hydrazone groups is 1. The van der Waals surface area contributed by atoms with Gasteiger partial charge in [-0.1, -0.05) is 18.5 Å². The van der Waals surface area contributed by atoms with Gasteiger partial charge in [0.05, 0.1) is 13.3 Å². The molecule has 20 heavy (non-hydrogen) atoms. The standard InChI is InChI=1S/C13H16ClN3O3/c1-3-6-15-12(18)13(19)17-16-8-9-7-10(14)4-5-11(9)20-2/h4-5,7-8H,3,6H2,1-2H3,(H,15,18)(H,17,19)/b16-8-. The Morgan fingerprint density at radius 2 is 2.15 bits per heavy atom. The second-order valence-corrected chi connectivity index (χ2v) is 4.28. The summed E-state index contributed by atoms with van der Waals surface area (Å²) in [6.07, 6.45) is 2.11. The van der Waals surface area contributed by atoms with Crippen molar-refractivity contribution in [2.75, 3.05) is 13.7 Å². The Morgan fingerprint density at radius 1 is 1.40 bits per heavy atom. The quantitative estimate of drug-likeness (QED) is 0.489. The third-order valence-electron chi connectivity index (χ3n) is 2.30. The number of benzene rings is 1. The van der Waals surface area contributed by atoms with Gasteiger partial charge in [-0.05, 0) is 24.6 Å². The lowest BCUT2D eigenvalue weighted by molar-refractivity contribution is -0.139. The monoisotopic (exact) mass is 297 g/mol. The molecule has 0 heterocycles. The van der Waals surface area contributed by atoms with Gasteiger partial charge in [0.25, 0.3) is 0 Å². The van der Waals surface area contributed by atoms with E-state index in [2.05, 4.69) is 15.8 Å². The van der Waals surface area contributed by atoms with Gasteiger partial charge in [-0.3, -0.25) is 9.59 Å². The van der Waals surface area contributed by atoms with Crippen LogP contribution in [-0.2, 0) is 9.59 Å². The molecule has 0 saturated heterocycles. The maximum atomic E-state index is 11.4. The molecule has 7 heteroatoms. The maximum absolute atomic E-state index is 11.4. The highest BCUT2D eigenvalue weighted by atomic mass is 35.5. The molecule has 0 radical (unpaired) electrons. The van der Waals surface area contributed by atoms with Gasteiger partial charge >= 0.3 is 11.8 Å². The van der Waals surface area contributed by atoms with Crippen molar-refractivity contribution in [2.24, 2.45) is 5.10 Å². The normalized spacial score (nSPS) is 10.3. The van der Waals surface area contributed by atoms with E-state index in [1.165, 1.54) is 13.3 Å². The number of amides is 2. The van der Waals surface area contributed by atoms with Crippen molar-refractivity contribution < 1.29 is 14.3 Å². The first-order chi connectivity index (χ1) is 9.58. The minimum Gasteiger partial charge on any atom is -0.496 e. The van der Waals surface area contributed by atoms with Crippen LogP contribution in [0.15, 0.2) is 23.3 Å². The molecule has 0 fully saturated rings. The molecule has 0 aliphatic carbocycles. The topological polar surface area (TPSA) is 79.8 Å². The molecular weight excluding hydrogens is 282 g/mol. The average Bonchev–Trinajstić information content (AvgIpc) is 2.44. The maximum Gasteiger partial charge on any atom is 0.329 e. The first-order valence-corrected chi connectivity index (χ1v) is 6.41. The molecule has 0 atom stereocenters. The molecule has 1 aromatic rings. The molecule has 1 rings (SSSR count). The Balaban J connectivity index is 2.63. The van der Waals surface area contributed by atoms with Crippen molar-refractivity contribution in [3.63, 3.8) is 0 Å². The molecule has 0 aliphatic rings. The number of rotatable bonds is 5. The molecule has 0 unspecified atom stereocenters. The van der Waals surface area contributed by atoms with Crippen molar-refractivity contribution in [3.05, 3.63) is 28.8 Å². The third-order valence-corrected chi connectivity index (χ3v) is 2.54. The van der Waals surface area contributed by atoms with Gasteiger partial charge in [0.15, 0.2) is 0 Å². The number of nitrogens with zero attached hydrogens (tertiary/aromatic N) is 1. The summed E-state index contributed by atoms with van der Waals surface area (Å²) >= 11 is 5.85. The van der Waals surface area contributed by atoms with E-state index in [-0.39, 0.29) is 0 Å². The average molecular weight is 298 g/mol. The van der Waals surface area contributed by atoms with Crippen molar-refractivity contribution in [2.45, 2.75) is 13.3 Å². The van der Waals surface area contributed by atoms with Gasteiger partial charge in [0.1, 0.15) is 5.75 Å². The molecule has 0 aliphatic heterocycles. The fourth-order valence-electron chi connectivity index (χ4n) is 1.34. The Hall–Kier alpha value is -2.08. The van der Waals surface area contributed by atoms with E-state index in [4.69, 9.17) is 16.3 Å². The summed E-state index contributed by atoms with van der Waals surface area (Å²) in [6, 6.07) is 4.99. The predicted octanol–water partition coefficient (Wildman–Crippen LogP) is 1.32. The smallest absolute Gasteiger partial charge is 0.329 e. The summed E-state index contributed by atoms with van der Waals surface area (Å²) in [7, 11) is 1.51. The van der Waals surface area contributed by atoms with E-state index < -0.39 is 11.8 Å². The molecule has 0 bridgehead atoms. The van der Waals surface area contributed by atoms with Crippen LogP contribution in [-0.4, -0.2) is 31.7 Å². The van der Waals surface area contributed by atoms with Gasteiger partial charge in [-0.15, -0.1) is 0 Å². The van der Waals surface area contributed by atoms with Crippen molar-refractivity contribution in [1.29, 1.82) is 0 Å². The second kappa shape index (κ2) is 8.16. The molecule has 2 amide bonds. The van der Waals surface area contributed by atoms with Crippen molar-refractivity contribution >= 4 is 29.6 Å². The largest absolute Gasteiger partial charge is 0.496 e. The summed E-state index contributed by atoms with van der Waals surface area (Å²) < 4.78 is 5.12. The zero-order valence-electron chi connectivity index (χ0n) is 11.3. The van der Waals surface area contributed by atoms with Crippen LogP contribution in [0.5, 0.6) is 5.75 Å². The van der Waals surface area contributed by atoms with Crippen LogP contribution >= 0.6 is 11.6 Å². The summed E-state index contributed by atoms with van der Waals surface area (Å²) in [5, 5.41) is 6.65. The first kappa shape index (κ1) is 16.0. The van der Waals surface area contributed by atoms with E-state index in [0.29, 0.717) is 22.9 Å². The number of hydrogen-bond donors (Lipinski definition) is 2. The highest BCUT2D eigenvalue weighted by Crippen LogP contribution is 2.20. The Labute approximate surface area is 122 Å². The minimum atomic E-state index is -0.823. The number of nitrogens with one attached hydrogen (secondary N) is 2. The molecule has 0 aromatic heterocycles. The summed E-state index contributed by atoms with van der Waals surface area (Å²) in [4.78, 5) is 22.6. The molecule has 6 nitrogen and oxygen atoms in total. The van der Waals surface area contributed by atoms with Gasteiger partial charge in [-0.25, -0.2) is 5.43 Å². The summed E-state index contributed by atoms with van der Waals surface area (Å²) in [5.74, 6) is -0.986. The molecular formula is C13H16ClN3O3. The Kier molecular flexibility index (Phi) is 6.52. The number of halogens is 1. The number of carbonyl (C=O) groups is 2. The molecule has 0 saturated carbocycles. The third kappa shape index (κ3) is 4.89. The summed E-state index contributed by atoms with van der Waals surface area (Å²) in [5.41, 5.74) is 2.72. The predicted molar refractivity (Wildman–Crippen MR) is 77.0 cm³/mol. The highest BCUT2D eigenvalue weighted by molar-refractivity contribution is 6.35. The second-order valence-electron chi connectivity index (χ2n) is 3.84. The van der Waals surface area contributed by atoms with Gasteiger partial charge < -0.3 is 10.1 Å². The van der Waals surface area contributed by atoms with E-state index in [1.807, 2.05) is 6.92 Å². The molecule has 108 valence electrons. The van der Waals surface area contributed by atoms with Gasteiger partial charge in [0.2, 0.25) is 0 Å². The lowest BCUT2D eigenvalue weighted by Crippen LogP contribution is -2.38. The zero-order chi connectivity index (χ0) is 15.0. The molecule has 0 spiro atoms. The number of hydrogen-bond acceptors (Lipinski definition) is 4. The van der Waals surface area contributed by atoms with Crippen LogP contribution in [0.25, 0.3) is 0 Å². The lowest BCUT2D eigenvalue weighted by atomic mass is 10.2. The van der Waals surface area contributed by atoms with E-state index >= 15 is 0 Å². The minimum absolute atomic E-state index is 0.443. The van der Waals surface area contributed by atoms with E-state index in [9.17, 15) is 9.59 Å². The van der Waals surface area contributed by atoms with Crippen LogP contribution in [0.3, 0.4) is 0 Å². The van der Waals surface area contributed by atoms with Gasteiger partial charge in [0, 0.05) is 17.1 Å². The fraction of sp³-hybridized carbons (Fsp3) is 0.308. The Morgan fingerprint density at radius 3 is 2.80 bits per heavy atom. The van der Waals surface area contributed by atoms with Crippen molar-refractivity contribution in [1.82, 2.24) is 10.7 Å².